The normalized spacial score (nSPS) is 15.6. The van der Waals surface area contributed by atoms with Crippen molar-refractivity contribution in [1.82, 2.24) is 4.31 Å². The molecule has 0 radical (unpaired) electrons. The first-order chi connectivity index (χ1) is 11.3. The molecule has 1 unspecified atom stereocenters. The van der Waals surface area contributed by atoms with Gasteiger partial charge in [0.25, 0.3) is 0 Å². The van der Waals surface area contributed by atoms with Gasteiger partial charge in [0.2, 0.25) is 10.0 Å². The van der Waals surface area contributed by atoms with Gasteiger partial charge in [-0.2, -0.15) is 9.57 Å². The predicted molar refractivity (Wildman–Crippen MR) is 89.3 cm³/mol. The molecule has 1 aromatic carbocycles. The summed E-state index contributed by atoms with van der Waals surface area (Å²) in [5, 5.41) is 18.3. The molecule has 0 fully saturated rings. The van der Waals surface area contributed by atoms with Gasteiger partial charge in [0.15, 0.2) is 0 Å². The van der Waals surface area contributed by atoms with Gasteiger partial charge in [0, 0.05) is 13.1 Å². The van der Waals surface area contributed by atoms with Crippen LogP contribution in [0.1, 0.15) is 48.2 Å². The second-order valence-corrected chi connectivity index (χ2v) is 8.02. The quantitative estimate of drug-likeness (QED) is 0.849. The Balaban J connectivity index is 2.58. The van der Waals surface area contributed by atoms with Crippen molar-refractivity contribution in [3.8, 4) is 6.07 Å². The van der Waals surface area contributed by atoms with E-state index in [0.717, 1.165) is 24.0 Å². The molecule has 2 rings (SSSR count). The number of nitriles is 1. The molecule has 0 saturated carbocycles. The molecular weight excluding hydrogens is 328 g/mol. The number of nitrogens with zero attached hydrogens (tertiary/aromatic N) is 2. The van der Waals surface area contributed by atoms with Crippen molar-refractivity contribution >= 4 is 16.0 Å². The minimum Gasteiger partial charge on any atom is -0.478 e. The van der Waals surface area contributed by atoms with Crippen LogP contribution in [0, 0.1) is 17.2 Å². The second kappa shape index (κ2) is 7.32. The summed E-state index contributed by atoms with van der Waals surface area (Å²) in [6.07, 6.45) is 3.15. The molecule has 130 valence electrons. The molecule has 0 aliphatic heterocycles. The van der Waals surface area contributed by atoms with Crippen molar-refractivity contribution in [3.63, 3.8) is 0 Å². The Morgan fingerprint density at radius 3 is 2.62 bits per heavy atom. The van der Waals surface area contributed by atoms with Crippen LogP contribution in [0.4, 0.5) is 0 Å². The van der Waals surface area contributed by atoms with E-state index in [1.54, 1.807) is 19.9 Å². The third-order valence-electron chi connectivity index (χ3n) is 4.34. The molecule has 0 amide bonds. The van der Waals surface area contributed by atoms with Gasteiger partial charge in [-0.25, -0.2) is 13.2 Å². The molecule has 0 saturated heterocycles. The molecule has 1 aliphatic rings. The van der Waals surface area contributed by atoms with Gasteiger partial charge in [-0.15, -0.1) is 0 Å². The van der Waals surface area contributed by atoms with Crippen molar-refractivity contribution in [2.75, 3.05) is 13.1 Å². The van der Waals surface area contributed by atoms with E-state index in [1.165, 1.54) is 10.4 Å². The van der Waals surface area contributed by atoms with Crippen LogP contribution in [0.15, 0.2) is 17.0 Å². The lowest BCUT2D eigenvalue weighted by atomic mass is 9.90. The fourth-order valence-corrected chi connectivity index (χ4v) is 4.92. The lowest BCUT2D eigenvalue weighted by Gasteiger charge is -2.26. The Morgan fingerprint density at radius 1 is 1.38 bits per heavy atom. The molecule has 1 aliphatic carbocycles. The minimum atomic E-state index is -3.83. The number of rotatable bonds is 6. The molecule has 7 heteroatoms. The van der Waals surface area contributed by atoms with Crippen LogP contribution in [0.2, 0.25) is 0 Å². The van der Waals surface area contributed by atoms with E-state index in [4.69, 9.17) is 5.26 Å². The van der Waals surface area contributed by atoms with Crippen LogP contribution in [0.5, 0.6) is 0 Å². The van der Waals surface area contributed by atoms with Crippen LogP contribution >= 0.6 is 0 Å². The maximum absolute atomic E-state index is 13.1. The maximum Gasteiger partial charge on any atom is 0.335 e. The zero-order valence-corrected chi connectivity index (χ0v) is 14.8. The average molecular weight is 350 g/mol. The molecule has 0 aromatic heterocycles. The third-order valence-corrected chi connectivity index (χ3v) is 6.35. The Labute approximate surface area is 142 Å². The van der Waals surface area contributed by atoms with Crippen molar-refractivity contribution in [2.24, 2.45) is 5.92 Å². The van der Waals surface area contributed by atoms with E-state index >= 15 is 0 Å². The molecule has 0 spiro atoms. The highest BCUT2D eigenvalue weighted by Gasteiger charge is 2.30. The van der Waals surface area contributed by atoms with Gasteiger partial charge in [-0.1, -0.05) is 6.92 Å². The summed E-state index contributed by atoms with van der Waals surface area (Å²) < 4.78 is 27.4. The first kappa shape index (κ1) is 18.4. The average Bonchev–Trinajstić information content (AvgIpc) is 2.57. The minimum absolute atomic E-state index is 0.00129. The van der Waals surface area contributed by atoms with E-state index in [-0.39, 0.29) is 23.5 Å². The lowest BCUT2D eigenvalue weighted by Crippen LogP contribution is -2.35. The standard InChI is InChI=1S/C17H22N2O4S/c1-3-19(11-12(2)10-18)24(22,23)16-9-14(17(20)21)8-13-6-4-5-7-15(13)16/h8-9,12H,3-7,11H2,1-2H3,(H,20,21). The first-order valence-electron chi connectivity index (χ1n) is 8.10. The zero-order chi connectivity index (χ0) is 17.9. The van der Waals surface area contributed by atoms with E-state index in [9.17, 15) is 18.3 Å². The summed E-state index contributed by atoms with van der Waals surface area (Å²) in [5.41, 5.74) is 1.54. The number of hydrogen-bond donors (Lipinski definition) is 1. The largest absolute Gasteiger partial charge is 0.478 e. The maximum atomic E-state index is 13.1. The van der Waals surface area contributed by atoms with E-state index in [2.05, 4.69) is 0 Å². The molecule has 1 N–H and O–H groups in total. The van der Waals surface area contributed by atoms with Crippen LogP contribution in [0.3, 0.4) is 0 Å². The predicted octanol–water partition coefficient (Wildman–Crippen LogP) is 2.43. The first-order valence-corrected chi connectivity index (χ1v) is 9.54. The molecule has 0 heterocycles. The summed E-state index contributed by atoms with van der Waals surface area (Å²) >= 11 is 0. The Kier molecular flexibility index (Phi) is 5.62. The van der Waals surface area contributed by atoms with Crippen LogP contribution in [-0.4, -0.2) is 36.9 Å². The number of benzene rings is 1. The highest BCUT2D eigenvalue weighted by Crippen LogP contribution is 2.31. The number of aryl methyl sites for hydroxylation is 1. The fourth-order valence-electron chi connectivity index (χ4n) is 3.06. The Hall–Kier alpha value is -1.91. The van der Waals surface area contributed by atoms with Gasteiger partial charge in [-0.05, 0) is 55.9 Å². The van der Waals surface area contributed by atoms with Gasteiger partial charge < -0.3 is 5.11 Å². The van der Waals surface area contributed by atoms with Gasteiger partial charge in [0.1, 0.15) is 0 Å². The molecule has 6 nitrogen and oxygen atoms in total. The van der Waals surface area contributed by atoms with Crippen LogP contribution in [0.25, 0.3) is 0 Å². The SMILES string of the molecule is CCN(CC(C)C#N)S(=O)(=O)c1cc(C(=O)O)cc2c1CCCC2. The second-order valence-electron chi connectivity index (χ2n) is 6.11. The topological polar surface area (TPSA) is 98.5 Å². The highest BCUT2D eigenvalue weighted by atomic mass is 32.2. The van der Waals surface area contributed by atoms with Crippen molar-refractivity contribution in [2.45, 2.75) is 44.4 Å². The van der Waals surface area contributed by atoms with E-state index in [1.807, 2.05) is 6.07 Å². The van der Waals surface area contributed by atoms with E-state index in [0.29, 0.717) is 12.8 Å². The number of aromatic carboxylic acids is 1. The molecular formula is C17H22N2O4S. The highest BCUT2D eigenvalue weighted by molar-refractivity contribution is 7.89. The van der Waals surface area contributed by atoms with Gasteiger partial charge in [0.05, 0.1) is 22.4 Å². The van der Waals surface area contributed by atoms with Gasteiger partial charge in [-0.3, -0.25) is 0 Å². The Morgan fingerprint density at radius 2 is 2.04 bits per heavy atom. The molecule has 0 bridgehead atoms. The fraction of sp³-hybridized carbons (Fsp3) is 0.529. The number of sulfonamides is 1. The van der Waals surface area contributed by atoms with Crippen molar-refractivity contribution < 1.29 is 18.3 Å². The van der Waals surface area contributed by atoms with Gasteiger partial charge >= 0.3 is 5.97 Å². The number of fused-ring (bicyclic) bond motifs is 1. The summed E-state index contributed by atoms with van der Waals surface area (Å²) in [4.78, 5) is 11.5. The summed E-state index contributed by atoms with van der Waals surface area (Å²) in [6.45, 7) is 3.72. The lowest BCUT2D eigenvalue weighted by molar-refractivity contribution is 0.0696. The summed E-state index contributed by atoms with van der Waals surface area (Å²) in [7, 11) is -3.83. The number of carboxylic acid groups (broad SMARTS) is 1. The smallest absolute Gasteiger partial charge is 0.335 e. The van der Waals surface area contributed by atoms with Crippen LogP contribution < -0.4 is 0 Å². The number of hydrogen-bond acceptors (Lipinski definition) is 4. The van der Waals surface area contributed by atoms with Crippen molar-refractivity contribution in [1.29, 1.82) is 5.26 Å². The third kappa shape index (κ3) is 3.60. The Bertz CT molecular complexity index is 781. The summed E-state index contributed by atoms with van der Waals surface area (Å²) in [5.74, 6) is -1.56. The number of carbonyl (C=O) groups is 1. The monoisotopic (exact) mass is 350 g/mol. The number of carboxylic acids is 1. The summed E-state index contributed by atoms with van der Waals surface area (Å²) in [6, 6.07) is 4.90. The van der Waals surface area contributed by atoms with Crippen LogP contribution in [-0.2, 0) is 22.9 Å². The van der Waals surface area contributed by atoms with Crippen molar-refractivity contribution in [3.05, 3.63) is 28.8 Å². The molecule has 1 aromatic rings. The zero-order valence-electron chi connectivity index (χ0n) is 13.9. The van der Waals surface area contributed by atoms with E-state index < -0.39 is 21.9 Å². The molecule has 24 heavy (non-hydrogen) atoms. The molecule has 1 atom stereocenters.